The standard InChI is InChI=1S/C17H18Cl2N4O3/c1-23(9-11-2-3-14-15(6-11)26-10-25-14)17(24)21-5-4-20-16-13(19)7-12(18)8-22-16/h2-3,6-8H,4-5,9-10H2,1H3,(H,20,22)(H,21,24). The highest BCUT2D eigenvalue weighted by molar-refractivity contribution is 6.35. The van der Waals surface area contributed by atoms with Gasteiger partial charge in [-0.3, -0.25) is 0 Å². The maximum absolute atomic E-state index is 12.2. The number of carbonyl (C=O) groups excluding carboxylic acids is 1. The van der Waals surface area contributed by atoms with E-state index in [4.69, 9.17) is 32.7 Å². The SMILES string of the molecule is CN(Cc1ccc2c(c1)OCO2)C(=O)NCCNc1ncc(Cl)cc1Cl. The molecule has 2 heterocycles. The van der Waals surface area contributed by atoms with E-state index < -0.39 is 0 Å². The van der Waals surface area contributed by atoms with Crippen molar-refractivity contribution < 1.29 is 14.3 Å². The first-order valence-corrected chi connectivity index (χ1v) is 8.71. The van der Waals surface area contributed by atoms with Gasteiger partial charge in [0.05, 0.1) is 10.0 Å². The van der Waals surface area contributed by atoms with Gasteiger partial charge in [-0.05, 0) is 23.8 Å². The molecule has 1 aromatic heterocycles. The average Bonchev–Trinajstić information content (AvgIpc) is 3.07. The minimum Gasteiger partial charge on any atom is -0.454 e. The van der Waals surface area contributed by atoms with E-state index in [0.717, 1.165) is 11.3 Å². The molecule has 0 saturated carbocycles. The number of rotatable bonds is 6. The number of hydrogen-bond donors (Lipinski definition) is 2. The molecule has 26 heavy (non-hydrogen) atoms. The van der Waals surface area contributed by atoms with Crippen molar-refractivity contribution in [1.29, 1.82) is 0 Å². The van der Waals surface area contributed by atoms with Crippen molar-refractivity contribution in [3.8, 4) is 11.5 Å². The molecule has 0 radical (unpaired) electrons. The highest BCUT2D eigenvalue weighted by Crippen LogP contribution is 2.32. The molecule has 0 bridgehead atoms. The molecule has 0 atom stereocenters. The Morgan fingerprint density at radius 2 is 2.04 bits per heavy atom. The Labute approximate surface area is 161 Å². The first kappa shape index (κ1) is 18.4. The summed E-state index contributed by atoms with van der Waals surface area (Å²) in [6.45, 7) is 1.60. The molecular formula is C17H18Cl2N4O3. The highest BCUT2D eigenvalue weighted by atomic mass is 35.5. The predicted molar refractivity (Wildman–Crippen MR) is 100 cm³/mol. The number of carbonyl (C=O) groups is 1. The zero-order valence-electron chi connectivity index (χ0n) is 14.1. The minimum absolute atomic E-state index is 0.181. The van der Waals surface area contributed by atoms with Crippen LogP contribution in [0.1, 0.15) is 5.56 Å². The number of nitrogens with one attached hydrogen (secondary N) is 2. The Bertz CT molecular complexity index is 804. The molecule has 0 saturated heterocycles. The Hall–Kier alpha value is -2.38. The lowest BCUT2D eigenvalue weighted by Gasteiger charge is -2.18. The second-order valence-electron chi connectivity index (χ2n) is 5.69. The van der Waals surface area contributed by atoms with E-state index in [1.54, 1.807) is 18.0 Å². The van der Waals surface area contributed by atoms with Crippen molar-refractivity contribution in [3.05, 3.63) is 46.1 Å². The van der Waals surface area contributed by atoms with Gasteiger partial charge in [0.1, 0.15) is 5.82 Å². The third kappa shape index (κ3) is 4.62. The van der Waals surface area contributed by atoms with Crippen LogP contribution < -0.4 is 20.1 Å². The van der Waals surface area contributed by atoms with Crippen LogP contribution in [0, 0.1) is 0 Å². The number of halogens is 2. The minimum atomic E-state index is -0.181. The lowest BCUT2D eigenvalue weighted by atomic mass is 10.2. The Morgan fingerprint density at radius 1 is 1.23 bits per heavy atom. The van der Waals surface area contributed by atoms with Crippen molar-refractivity contribution in [2.75, 3.05) is 32.2 Å². The number of hydrogen-bond acceptors (Lipinski definition) is 5. The van der Waals surface area contributed by atoms with Crippen LogP contribution in [0.5, 0.6) is 11.5 Å². The van der Waals surface area contributed by atoms with E-state index in [9.17, 15) is 4.79 Å². The van der Waals surface area contributed by atoms with Crippen LogP contribution in [-0.4, -0.2) is 42.8 Å². The number of nitrogens with zero attached hydrogens (tertiary/aromatic N) is 2. The number of ether oxygens (including phenoxy) is 2. The molecule has 2 N–H and O–H groups in total. The average molecular weight is 397 g/mol. The van der Waals surface area contributed by atoms with Crippen molar-refractivity contribution in [1.82, 2.24) is 15.2 Å². The number of benzene rings is 1. The molecule has 138 valence electrons. The van der Waals surface area contributed by atoms with E-state index in [2.05, 4.69) is 15.6 Å². The van der Waals surface area contributed by atoms with Gasteiger partial charge in [-0.15, -0.1) is 0 Å². The van der Waals surface area contributed by atoms with Crippen LogP contribution in [0.4, 0.5) is 10.6 Å². The van der Waals surface area contributed by atoms with Gasteiger partial charge < -0.3 is 25.0 Å². The number of aromatic nitrogens is 1. The third-order valence-electron chi connectivity index (χ3n) is 3.70. The van der Waals surface area contributed by atoms with Gasteiger partial charge in [0.25, 0.3) is 0 Å². The fraction of sp³-hybridized carbons (Fsp3) is 0.294. The molecule has 2 amide bonds. The molecule has 1 aliphatic heterocycles. The van der Waals surface area contributed by atoms with Gasteiger partial charge in [0, 0.05) is 32.9 Å². The van der Waals surface area contributed by atoms with Gasteiger partial charge in [-0.1, -0.05) is 29.3 Å². The van der Waals surface area contributed by atoms with E-state index in [1.807, 2.05) is 18.2 Å². The van der Waals surface area contributed by atoms with E-state index >= 15 is 0 Å². The van der Waals surface area contributed by atoms with Gasteiger partial charge in [0.15, 0.2) is 11.5 Å². The molecule has 9 heteroatoms. The van der Waals surface area contributed by atoms with Crippen LogP contribution in [0.25, 0.3) is 0 Å². The summed E-state index contributed by atoms with van der Waals surface area (Å²) in [4.78, 5) is 17.9. The zero-order valence-corrected chi connectivity index (χ0v) is 15.6. The van der Waals surface area contributed by atoms with Gasteiger partial charge >= 0.3 is 6.03 Å². The van der Waals surface area contributed by atoms with E-state index in [0.29, 0.717) is 41.2 Å². The maximum Gasteiger partial charge on any atom is 0.317 e. The van der Waals surface area contributed by atoms with Crippen LogP contribution in [-0.2, 0) is 6.54 Å². The number of fused-ring (bicyclic) bond motifs is 1. The number of amides is 2. The largest absolute Gasteiger partial charge is 0.454 e. The second-order valence-corrected chi connectivity index (χ2v) is 6.53. The summed E-state index contributed by atoms with van der Waals surface area (Å²) in [5.74, 6) is 1.95. The molecule has 1 aromatic carbocycles. The summed E-state index contributed by atoms with van der Waals surface area (Å²) < 4.78 is 10.6. The summed E-state index contributed by atoms with van der Waals surface area (Å²) in [6.07, 6.45) is 1.51. The molecular weight excluding hydrogens is 379 g/mol. The molecule has 3 rings (SSSR count). The topological polar surface area (TPSA) is 75.7 Å². The third-order valence-corrected chi connectivity index (χ3v) is 4.20. The summed E-state index contributed by atoms with van der Waals surface area (Å²) in [6, 6.07) is 7.06. The Kier molecular flexibility index (Phi) is 5.90. The van der Waals surface area contributed by atoms with Gasteiger partial charge in [-0.25, -0.2) is 9.78 Å². The molecule has 2 aromatic rings. The van der Waals surface area contributed by atoms with Gasteiger partial charge in [0.2, 0.25) is 6.79 Å². The van der Waals surface area contributed by atoms with Crippen molar-refractivity contribution >= 4 is 35.1 Å². The van der Waals surface area contributed by atoms with Crippen molar-refractivity contribution in [2.45, 2.75) is 6.54 Å². The molecule has 0 aliphatic carbocycles. The normalized spacial score (nSPS) is 12.0. The predicted octanol–water partition coefficient (Wildman–Crippen LogP) is 3.37. The highest BCUT2D eigenvalue weighted by Gasteiger charge is 2.15. The number of anilines is 1. The Balaban J connectivity index is 1.43. The summed E-state index contributed by atoms with van der Waals surface area (Å²) in [5, 5.41) is 6.78. The molecule has 1 aliphatic rings. The van der Waals surface area contributed by atoms with Crippen LogP contribution in [0.2, 0.25) is 10.0 Å². The number of urea groups is 1. The molecule has 0 fully saturated rings. The van der Waals surface area contributed by atoms with Crippen molar-refractivity contribution in [2.24, 2.45) is 0 Å². The van der Waals surface area contributed by atoms with E-state index in [-0.39, 0.29) is 12.8 Å². The van der Waals surface area contributed by atoms with Crippen LogP contribution >= 0.6 is 23.2 Å². The van der Waals surface area contributed by atoms with E-state index in [1.165, 1.54) is 6.20 Å². The smallest absolute Gasteiger partial charge is 0.317 e. The lowest BCUT2D eigenvalue weighted by molar-refractivity contribution is 0.174. The fourth-order valence-corrected chi connectivity index (χ4v) is 2.86. The Morgan fingerprint density at radius 3 is 2.85 bits per heavy atom. The summed E-state index contributed by atoms with van der Waals surface area (Å²) >= 11 is 11.8. The number of pyridine rings is 1. The molecule has 0 spiro atoms. The summed E-state index contributed by atoms with van der Waals surface area (Å²) in [5.41, 5.74) is 0.960. The fourth-order valence-electron chi connectivity index (χ4n) is 2.41. The van der Waals surface area contributed by atoms with Crippen molar-refractivity contribution in [3.63, 3.8) is 0 Å². The first-order chi connectivity index (χ1) is 12.5. The van der Waals surface area contributed by atoms with Gasteiger partial charge in [-0.2, -0.15) is 0 Å². The molecule has 0 unspecified atom stereocenters. The lowest BCUT2D eigenvalue weighted by Crippen LogP contribution is -2.39. The van der Waals surface area contributed by atoms with Crippen LogP contribution in [0.3, 0.4) is 0 Å². The maximum atomic E-state index is 12.2. The zero-order chi connectivity index (χ0) is 18.5. The first-order valence-electron chi connectivity index (χ1n) is 7.95. The monoisotopic (exact) mass is 396 g/mol. The quantitative estimate of drug-likeness (QED) is 0.732. The summed E-state index contributed by atoms with van der Waals surface area (Å²) in [7, 11) is 1.73. The molecule has 7 nitrogen and oxygen atoms in total. The van der Waals surface area contributed by atoms with Crippen LogP contribution in [0.15, 0.2) is 30.5 Å². The second kappa shape index (κ2) is 8.33.